The van der Waals surface area contributed by atoms with Crippen LogP contribution in [0.5, 0.6) is 0 Å². The summed E-state index contributed by atoms with van der Waals surface area (Å²) in [6, 6.07) is 1.85. The number of rotatable bonds is 6. The molecule has 0 aromatic carbocycles. The Morgan fingerprint density at radius 1 is 1.41 bits per heavy atom. The molecule has 94 valence electrons. The van der Waals surface area contributed by atoms with Gasteiger partial charge in [-0.25, -0.2) is 9.97 Å². The minimum atomic E-state index is 0.0364. The van der Waals surface area contributed by atoms with Crippen LogP contribution in [0, 0.1) is 5.92 Å². The van der Waals surface area contributed by atoms with Gasteiger partial charge < -0.3 is 4.74 Å². The molecule has 4 heteroatoms. The molecule has 17 heavy (non-hydrogen) atoms. The quantitative estimate of drug-likeness (QED) is 0.728. The SMILES string of the molecule is CCCc1cc(Cl)nc(C(OCC)C2CC2)n1. The highest BCUT2D eigenvalue weighted by molar-refractivity contribution is 6.29. The van der Waals surface area contributed by atoms with Gasteiger partial charge in [0.2, 0.25) is 0 Å². The van der Waals surface area contributed by atoms with E-state index in [2.05, 4.69) is 16.9 Å². The van der Waals surface area contributed by atoms with Gasteiger partial charge in [0.1, 0.15) is 11.3 Å². The first kappa shape index (κ1) is 12.8. The van der Waals surface area contributed by atoms with Crippen LogP contribution in [0.2, 0.25) is 5.15 Å². The van der Waals surface area contributed by atoms with E-state index in [1.165, 1.54) is 12.8 Å². The van der Waals surface area contributed by atoms with Crippen molar-refractivity contribution < 1.29 is 4.74 Å². The lowest BCUT2D eigenvalue weighted by atomic mass is 10.2. The van der Waals surface area contributed by atoms with Crippen LogP contribution in [0.15, 0.2) is 6.07 Å². The summed E-state index contributed by atoms with van der Waals surface area (Å²) in [6.07, 6.45) is 4.47. The second-order valence-electron chi connectivity index (χ2n) is 4.50. The number of hydrogen-bond donors (Lipinski definition) is 0. The predicted octanol–water partition coefficient (Wildman–Crippen LogP) is 3.57. The second-order valence-corrected chi connectivity index (χ2v) is 4.89. The van der Waals surface area contributed by atoms with E-state index in [1.54, 1.807) is 0 Å². The fourth-order valence-corrected chi connectivity index (χ4v) is 2.21. The Bertz CT molecular complexity index is 380. The van der Waals surface area contributed by atoms with Crippen LogP contribution in [0.3, 0.4) is 0 Å². The van der Waals surface area contributed by atoms with Crippen molar-refractivity contribution in [2.45, 2.75) is 45.6 Å². The third-order valence-corrected chi connectivity index (χ3v) is 3.12. The fourth-order valence-electron chi connectivity index (χ4n) is 2.00. The molecular weight excluding hydrogens is 236 g/mol. The summed E-state index contributed by atoms with van der Waals surface area (Å²) < 4.78 is 5.76. The molecule has 1 aromatic heterocycles. The largest absolute Gasteiger partial charge is 0.370 e. The molecule has 1 aromatic rings. The molecule has 1 aliphatic carbocycles. The van der Waals surface area contributed by atoms with Gasteiger partial charge in [0, 0.05) is 12.3 Å². The minimum Gasteiger partial charge on any atom is -0.370 e. The number of hydrogen-bond acceptors (Lipinski definition) is 3. The van der Waals surface area contributed by atoms with Crippen LogP contribution in [-0.2, 0) is 11.2 Å². The molecule has 1 heterocycles. The monoisotopic (exact) mass is 254 g/mol. The van der Waals surface area contributed by atoms with Crippen LogP contribution < -0.4 is 0 Å². The van der Waals surface area contributed by atoms with E-state index >= 15 is 0 Å². The molecule has 1 unspecified atom stereocenters. The topological polar surface area (TPSA) is 35.0 Å². The number of halogens is 1. The van der Waals surface area contributed by atoms with Gasteiger partial charge in [0.25, 0.3) is 0 Å². The zero-order valence-electron chi connectivity index (χ0n) is 10.4. The first-order valence-electron chi connectivity index (χ1n) is 6.39. The summed E-state index contributed by atoms with van der Waals surface area (Å²) in [5.74, 6) is 1.35. The van der Waals surface area contributed by atoms with Gasteiger partial charge in [-0.2, -0.15) is 0 Å². The summed E-state index contributed by atoms with van der Waals surface area (Å²) in [4.78, 5) is 8.91. The van der Waals surface area contributed by atoms with E-state index in [9.17, 15) is 0 Å². The van der Waals surface area contributed by atoms with Crippen molar-refractivity contribution in [2.24, 2.45) is 5.92 Å². The lowest BCUT2D eigenvalue weighted by Gasteiger charge is -2.15. The van der Waals surface area contributed by atoms with Crippen molar-refractivity contribution in [3.63, 3.8) is 0 Å². The Kier molecular flexibility index (Phi) is 4.35. The highest BCUT2D eigenvalue weighted by Crippen LogP contribution is 2.42. The van der Waals surface area contributed by atoms with Crippen molar-refractivity contribution >= 4 is 11.6 Å². The molecule has 0 radical (unpaired) electrons. The third-order valence-electron chi connectivity index (χ3n) is 2.92. The van der Waals surface area contributed by atoms with Gasteiger partial charge >= 0.3 is 0 Å². The van der Waals surface area contributed by atoms with Crippen molar-refractivity contribution in [3.8, 4) is 0 Å². The molecule has 0 saturated heterocycles. The van der Waals surface area contributed by atoms with E-state index in [0.717, 1.165) is 24.4 Å². The van der Waals surface area contributed by atoms with Crippen molar-refractivity contribution in [3.05, 3.63) is 22.7 Å². The molecule has 0 spiro atoms. The van der Waals surface area contributed by atoms with Gasteiger partial charge in [-0.05, 0) is 38.2 Å². The highest BCUT2D eigenvalue weighted by Gasteiger charge is 2.35. The van der Waals surface area contributed by atoms with Gasteiger partial charge in [-0.1, -0.05) is 24.9 Å². The molecular formula is C13H19ClN2O. The second kappa shape index (κ2) is 5.78. The van der Waals surface area contributed by atoms with Gasteiger partial charge in [0.05, 0.1) is 0 Å². The predicted molar refractivity (Wildman–Crippen MR) is 68.1 cm³/mol. The van der Waals surface area contributed by atoms with Crippen LogP contribution >= 0.6 is 11.6 Å². The Balaban J connectivity index is 2.22. The lowest BCUT2D eigenvalue weighted by molar-refractivity contribution is 0.0399. The number of aromatic nitrogens is 2. The Morgan fingerprint density at radius 2 is 2.18 bits per heavy atom. The van der Waals surface area contributed by atoms with E-state index in [1.807, 2.05) is 13.0 Å². The maximum Gasteiger partial charge on any atom is 0.159 e. The summed E-state index contributed by atoms with van der Waals surface area (Å²) in [5.41, 5.74) is 1.02. The Labute approximate surface area is 108 Å². The van der Waals surface area contributed by atoms with Gasteiger partial charge in [-0.15, -0.1) is 0 Å². The molecule has 2 rings (SSSR count). The van der Waals surface area contributed by atoms with Gasteiger partial charge in [-0.3, -0.25) is 0 Å². The first-order chi connectivity index (χ1) is 8.24. The zero-order chi connectivity index (χ0) is 12.3. The van der Waals surface area contributed by atoms with E-state index in [0.29, 0.717) is 17.7 Å². The molecule has 1 atom stereocenters. The van der Waals surface area contributed by atoms with Crippen molar-refractivity contribution in [1.82, 2.24) is 9.97 Å². The lowest BCUT2D eigenvalue weighted by Crippen LogP contribution is -2.12. The Hall–Kier alpha value is -0.670. The van der Waals surface area contributed by atoms with E-state index in [4.69, 9.17) is 16.3 Å². The van der Waals surface area contributed by atoms with Crippen LogP contribution in [0.4, 0.5) is 0 Å². The maximum atomic E-state index is 6.05. The molecule has 0 amide bonds. The minimum absolute atomic E-state index is 0.0364. The standard InChI is InChI=1S/C13H19ClN2O/c1-3-5-10-8-11(14)16-13(15-10)12(17-4-2)9-6-7-9/h8-9,12H,3-7H2,1-2H3. The average Bonchev–Trinajstić information content (AvgIpc) is 3.09. The molecule has 1 aliphatic rings. The smallest absolute Gasteiger partial charge is 0.159 e. The summed E-state index contributed by atoms with van der Waals surface area (Å²) >= 11 is 6.05. The highest BCUT2D eigenvalue weighted by atomic mass is 35.5. The summed E-state index contributed by atoms with van der Waals surface area (Å²) in [5, 5.41) is 0.531. The van der Waals surface area contributed by atoms with Crippen LogP contribution in [0.1, 0.15) is 50.7 Å². The number of nitrogens with zero attached hydrogens (tertiary/aromatic N) is 2. The van der Waals surface area contributed by atoms with Gasteiger partial charge in [0.15, 0.2) is 5.82 Å². The molecule has 0 aliphatic heterocycles. The molecule has 1 fully saturated rings. The van der Waals surface area contributed by atoms with Crippen molar-refractivity contribution in [2.75, 3.05) is 6.61 Å². The molecule has 0 N–H and O–H groups in total. The molecule has 0 bridgehead atoms. The normalized spacial score (nSPS) is 17.1. The molecule has 3 nitrogen and oxygen atoms in total. The summed E-state index contributed by atoms with van der Waals surface area (Å²) in [6.45, 7) is 4.84. The Morgan fingerprint density at radius 3 is 2.76 bits per heavy atom. The van der Waals surface area contributed by atoms with E-state index in [-0.39, 0.29) is 6.10 Å². The molecule has 1 saturated carbocycles. The summed E-state index contributed by atoms with van der Waals surface area (Å²) in [7, 11) is 0. The third kappa shape index (κ3) is 3.39. The zero-order valence-corrected chi connectivity index (χ0v) is 11.2. The van der Waals surface area contributed by atoms with Crippen LogP contribution in [-0.4, -0.2) is 16.6 Å². The maximum absolute atomic E-state index is 6.05. The average molecular weight is 255 g/mol. The number of aryl methyl sites for hydroxylation is 1. The van der Waals surface area contributed by atoms with Crippen LogP contribution in [0.25, 0.3) is 0 Å². The fraction of sp³-hybridized carbons (Fsp3) is 0.692. The van der Waals surface area contributed by atoms with E-state index < -0.39 is 0 Å². The number of ether oxygens (including phenoxy) is 1. The van der Waals surface area contributed by atoms with Crippen molar-refractivity contribution in [1.29, 1.82) is 0 Å². The first-order valence-corrected chi connectivity index (χ1v) is 6.77.